The minimum atomic E-state index is 0.180. The number of nitrogens with zero attached hydrogens (tertiary/aromatic N) is 3. The number of aromatic hydroxyl groups is 1. The molecule has 2 aromatic heterocycles. The number of hydrogen-bond acceptors (Lipinski definition) is 6. The van der Waals surface area contributed by atoms with Gasteiger partial charge in [-0.2, -0.15) is 5.10 Å². The summed E-state index contributed by atoms with van der Waals surface area (Å²) in [6.45, 7) is 0.938. The van der Waals surface area contributed by atoms with E-state index in [1.54, 1.807) is 18.5 Å². The van der Waals surface area contributed by atoms with Crippen LogP contribution in [0.15, 0.2) is 42.7 Å². The van der Waals surface area contributed by atoms with Gasteiger partial charge in [0.2, 0.25) is 0 Å². The predicted octanol–water partition coefficient (Wildman–Crippen LogP) is 3.18. The highest BCUT2D eigenvalue weighted by Crippen LogP contribution is 2.33. The Labute approximate surface area is 163 Å². The van der Waals surface area contributed by atoms with E-state index in [9.17, 15) is 5.11 Å². The Hall–Kier alpha value is -2.93. The van der Waals surface area contributed by atoms with Crippen LogP contribution >= 0.6 is 0 Å². The number of benzene rings is 1. The second-order valence-electron chi connectivity index (χ2n) is 7.88. The average molecular weight is 376 g/mol. The first-order valence-corrected chi connectivity index (χ1v) is 9.91. The first-order valence-electron chi connectivity index (χ1n) is 9.91. The maximum atomic E-state index is 10.4. The number of aromatic nitrogens is 4. The summed E-state index contributed by atoms with van der Waals surface area (Å²) in [5.41, 5.74) is 3.15. The van der Waals surface area contributed by atoms with Crippen LogP contribution in [0.4, 0.5) is 5.82 Å². The number of anilines is 1. The Kier molecular flexibility index (Phi) is 4.44. The maximum Gasteiger partial charge on any atom is 0.148 e. The molecule has 2 atom stereocenters. The van der Waals surface area contributed by atoms with Crippen LogP contribution in [0.1, 0.15) is 25.7 Å². The first kappa shape index (κ1) is 17.2. The Balaban J connectivity index is 1.25. The third kappa shape index (κ3) is 3.45. The van der Waals surface area contributed by atoms with E-state index in [4.69, 9.17) is 0 Å². The number of nitrogens with one attached hydrogen (secondary N) is 3. The lowest BCUT2D eigenvalue weighted by Crippen LogP contribution is -2.40. The fourth-order valence-electron chi connectivity index (χ4n) is 4.50. The Bertz CT molecular complexity index is 928. The molecule has 0 amide bonds. The Morgan fingerprint density at radius 3 is 2.57 bits per heavy atom. The van der Waals surface area contributed by atoms with Crippen LogP contribution in [0.5, 0.6) is 5.75 Å². The molecule has 144 valence electrons. The topological polar surface area (TPSA) is 98.8 Å². The molecule has 2 aliphatic heterocycles. The largest absolute Gasteiger partial charge is 0.507 e. The second kappa shape index (κ2) is 7.24. The Morgan fingerprint density at radius 1 is 1.04 bits per heavy atom. The van der Waals surface area contributed by atoms with E-state index < -0.39 is 0 Å². The maximum absolute atomic E-state index is 10.4. The van der Waals surface area contributed by atoms with Gasteiger partial charge in [0.1, 0.15) is 11.6 Å². The SMILES string of the molecule is Oc1cc(-c2cn[nH]c2)ccc1-c1ccc(NCC2C[C@H]3CC[C@H](C2)N3)nn1. The molecular formula is C21H24N6O. The van der Waals surface area contributed by atoms with E-state index in [1.807, 2.05) is 24.3 Å². The van der Waals surface area contributed by atoms with Crippen molar-refractivity contribution >= 4 is 5.82 Å². The van der Waals surface area contributed by atoms with Crippen molar-refractivity contribution in [1.29, 1.82) is 0 Å². The predicted molar refractivity (Wildman–Crippen MR) is 108 cm³/mol. The van der Waals surface area contributed by atoms with Gasteiger partial charge in [0.25, 0.3) is 0 Å². The first-order chi connectivity index (χ1) is 13.7. The zero-order chi connectivity index (χ0) is 18.9. The third-order valence-corrected chi connectivity index (χ3v) is 5.91. The van der Waals surface area contributed by atoms with E-state index in [-0.39, 0.29) is 5.75 Å². The number of aromatic amines is 1. The molecule has 0 unspecified atom stereocenters. The third-order valence-electron chi connectivity index (χ3n) is 5.91. The second-order valence-corrected chi connectivity index (χ2v) is 7.88. The minimum Gasteiger partial charge on any atom is -0.507 e. The molecule has 4 N–H and O–H groups in total. The van der Waals surface area contributed by atoms with Crippen molar-refractivity contribution < 1.29 is 5.11 Å². The molecule has 0 radical (unpaired) electrons. The van der Waals surface area contributed by atoms with E-state index in [1.165, 1.54) is 25.7 Å². The van der Waals surface area contributed by atoms with Gasteiger partial charge in [-0.3, -0.25) is 5.10 Å². The number of phenols is 1. The number of phenolic OH excluding ortho intramolecular Hbond substituents is 1. The van der Waals surface area contributed by atoms with Crippen LogP contribution in [-0.2, 0) is 0 Å². The molecule has 7 heteroatoms. The van der Waals surface area contributed by atoms with Gasteiger partial charge in [-0.25, -0.2) is 0 Å². The summed E-state index contributed by atoms with van der Waals surface area (Å²) in [5, 5.41) is 32.9. The standard InChI is InChI=1S/C21H24N6O/c28-20-9-14(15-11-23-24-12-15)1-4-18(20)19-5-6-21(27-26-19)22-10-13-7-16-2-3-17(8-13)25-16/h1,4-6,9,11-13,16-17,25,28H,2-3,7-8,10H2,(H,22,27)(H,23,24)/t16-,17-/m1/s1. The molecule has 2 saturated heterocycles. The molecule has 2 fully saturated rings. The summed E-state index contributed by atoms with van der Waals surface area (Å²) < 4.78 is 0. The molecule has 0 aliphatic carbocycles. The Morgan fingerprint density at radius 2 is 1.89 bits per heavy atom. The zero-order valence-electron chi connectivity index (χ0n) is 15.6. The van der Waals surface area contributed by atoms with Gasteiger partial charge in [-0.05, 0) is 61.4 Å². The summed E-state index contributed by atoms with van der Waals surface area (Å²) in [4.78, 5) is 0. The zero-order valence-corrected chi connectivity index (χ0v) is 15.6. The molecule has 1 aromatic carbocycles. The number of fused-ring (bicyclic) bond motifs is 2. The normalized spacial score (nSPS) is 23.6. The smallest absolute Gasteiger partial charge is 0.148 e. The van der Waals surface area contributed by atoms with Gasteiger partial charge >= 0.3 is 0 Å². The highest BCUT2D eigenvalue weighted by atomic mass is 16.3. The number of H-pyrrole nitrogens is 1. The average Bonchev–Trinajstić information content (AvgIpc) is 3.37. The van der Waals surface area contributed by atoms with E-state index in [0.29, 0.717) is 29.3 Å². The summed E-state index contributed by atoms with van der Waals surface area (Å²) >= 11 is 0. The van der Waals surface area contributed by atoms with Crippen molar-refractivity contribution in [2.75, 3.05) is 11.9 Å². The highest BCUT2D eigenvalue weighted by Gasteiger charge is 2.33. The van der Waals surface area contributed by atoms with Crippen molar-refractivity contribution in [3.63, 3.8) is 0 Å². The molecule has 7 nitrogen and oxygen atoms in total. The van der Waals surface area contributed by atoms with Gasteiger partial charge < -0.3 is 15.7 Å². The van der Waals surface area contributed by atoms with Crippen molar-refractivity contribution in [1.82, 2.24) is 25.7 Å². The fourth-order valence-corrected chi connectivity index (χ4v) is 4.50. The summed E-state index contributed by atoms with van der Waals surface area (Å²) in [6, 6.07) is 10.8. The lowest BCUT2D eigenvalue weighted by molar-refractivity contribution is 0.311. The monoisotopic (exact) mass is 376 g/mol. The van der Waals surface area contributed by atoms with Crippen LogP contribution in [0.25, 0.3) is 22.4 Å². The van der Waals surface area contributed by atoms with Crippen molar-refractivity contribution in [2.45, 2.75) is 37.8 Å². The number of rotatable bonds is 5. The molecule has 4 heterocycles. The van der Waals surface area contributed by atoms with E-state index >= 15 is 0 Å². The summed E-state index contributed by atoms with van der Waals surface area (Å²) in [6.07, 6.45) is 8.64. The van der Waals surface area contributed by atoms with Crippen LogP contribution in [0.2, 0.25) is 0 Å². The van der Waals surface area contributed by atoms with Gasteiger partial charge in [0, 0.05) is 36.0 Å². The minimum absolute atomic E-state index is 0.180. The van der Waals surface area contributed by atoms with Crippen molar-refractivity contribution in [3.8, 4) is 28.1 Å². The summed E-state index contributed by atoms with van der Waals surface area (Å²) in [7, 11) is 0. The highest BCUT2D eigenvalue weighted by molar-refractivity contribution is 5.73. The molecule has 3 aromatic rings. The van der Waals surface area contributed by atoms with Crippen LogP contribution < -0.4 is 10.6 Å². The fraction of sp³-hybridized carbons (Fsp3) is 0.381. The lowest BCUT2D eigenvalue weighted by atomic mass is 9.92. The van der Waals surface area contributed by atoms with Crippen LogP contribution in [-0.4, -0.2) is 44.1 Å². The molecule has 2 aliphatic rings. The van der Waals surface area contributed by atoms with Gasteiger partial charge in [-0.1, -0.05) is 6.07 Å². The molecule has 28 heavy (non-hydrogen) atoms. The number of piperidine rings is 1. The molecule has 0 spiro atoms. The molecule has 2 bridgehead atoms. The van der Waals surface area contributed by atoms with Crippen molar-refractivity contribution in [3.05, 3.63) is 42.7 Å². The van der Waals surface area contributed by atoms with Gasteiger partial charge in [0.15, 0.2) is 0 Å². The van der Waals surface area contributed by atoms with Crippen LogP contribution in [0.3, 0.4) is 0 Å². The van der Waals surface area contributed by atoms with Gasteiger partial charge in [-0.15, -0.1) is 10.2 Å². The quantitative estimate of drug-likeness (QED) is 0.546. The molecule has 5 rings (SSSR count). The van der Waals surface area contributed by atoms with E-state index in [0.717, 1.165) is 23.5 Å². The lowest BCUT2D eigenvalue weighted by Gasteiger charge is -2.29. The van der Waals surface area contributed by atoms with E-state index in [2.05, 4.69) is 31.0 Å². The molecule has 0 saturated carbocycles. The van der Waals surface area contributed by atoms with Gasteiger partial charge in [0.05, 0.1) is 11.9 Å². The summed E-state index contributed by atoms with van der Waals surface area (Å²) in [5.74, 6) is 1.66. The molecular weight excluding hydrogens is 352 g/mol. The number of hydrogen-bond donors (Lipinski definition) is 4. The van der Waals surface area contributed by atoms with Crippen molar-refractivity contribution in [2.24, 2.45) is 5.92 Å². The van der Waals surface area contributed by atoms with Crippen LogP contribution in [0, 0.1) is 5.92 Å².